The molecule has 5 nitrogen and oxygen atoms in total. The van der Waals surface area contributed by atoms with Crippen molar-refractivity contribution in [3.05, 3.63) is 59.2 Å². The highest BCUT2D eigenvalue weighted by molar-refractivity contribution is 5.76. The highest BCUT2D eigenvalue weighted by atomic mass is 16.3. The Hall–Kier alpha value is -1.95. The van der Waals surface area contributed by atoms with Gasteiger partial charge in [0.15, 0.2) is 0 Å². The molecular formula is C27H38N2O3. The summed E-state index contributed by atoms with van der Waals surface area (Å²) in [7, 11) is 0. The molecule has 0 radical (unpaired) electrons. The summed E-state index contributed by atoms with van der Waals surface area (Å²) in [5.74, 6) is 1.19. The third-order valence-electron chi connectivity index (χ3n) is 7.36. The lowest BCUT2D eigenvalue weighted by atomic mass is 9.89. The van der Waals surface area contributed by atoms with Crippen LogP contribution in [0.15, 0.2) is 48.1 Å². The number of nitrogens with one attached hydrogen (secondary N) is 1. The zero-order chi connectivity index (χ0) is 22.5. The number of carbonyl (C=O) groups is 1. The predicted molar refractivity (Wildman–Crippen MR) is 127 cm³/mol. The number of aliphatic hydroxyl groups excluding tert-OH is 2. The molecule has 0 spiro atoms. The number of hydrogen-bond donors (Lipinski definition) is 3. The SMILES string of the molecule is Cc1cccc(C[C@H](O)C=C[C@@H]2[C@H]3CC(CNCCC(=O)N4CCCC4)=C[C@H]3C[C@H]2O)c1. The minimum absolute atomic E-state index is 0.0950. The van der Waals surface area contributed by atoms with Gasteiger partial charge in [-0.2, -0.15) is 0 Å². The maximum absolute atomic E-state index is 12.2. The fourth-order valence-electron chi connectivity index (χ4n) is 5.71. The Balaban J connectivity index is 1.22. The van der Waals surface area contributed by atoms with Crippen molar-refractivity contribution in [2.45, 2.75) is 57.7 Å². The maximum Gasteiger partial charge on any atom is 0.223 e. The second kappa shape index (κ2) is 10.8. The number of aliphatic hydroxyl groups is 2. The molecule has 1 heterocycles. The Morgan fingerprint density at radius 1 is 1.31 bits per heavy atom. The van der Waals surface area contributed by atoms with Gasteiger partial charge < -0.3 is 20.4 Å². The first-order chi connectivity index (χ1) is 15.5. The summed E-state index contributed by atoms with van der Waals surface area (Å²) in [4.78, 5) is 14.1. The molecule has 3 N–H and O–H groups in total. The van der Waals surface area contributed by atoms with Gasteiger partial charge in [0.1, 0.15) is 0 Å². The van der Waals surface area contributed by atoms with E-state index in [4.69, 9.17) is 0 Å². The predicted octanol–water partition coefficient (Wildman–Crippen LogP) is 3.00. The van der Waals surface area contributed by atoms with Crippen molar-refractivity contribution in [2.24, 2.45) is 17.8 Å². The van der Waals surface area contributed by atoms with Gasteiger partial charge in [0.25, 0.3) is 0 Å². The Labute approximate surface area is 192 Å². The molecule has 0 unspecified atom stereocenters. The van der Waals surface area contributed by atoms with E-state index in [0.29, 0.717) is 24.7 Å². The lowest BCUT2D eigenvalue weighted by Crippen LogP contribution is -2.31. The number of fused-ring (bicyclic) bond motifs is 1. The van der Waals surface area contributed by atoms with Crippen molar-refractivity contribution in [3.63, 3.8) is 0 Å². The summed E-state index contributed by atoms with van der Waals surface area (Å²) in [5.41, 5.74) is 3.72. The summed E-state index contributed by atoms with van der Waals surface area (Å²) >= 11 is 0. The Morgan fingerprint density at radius 3 is 2.91 bits per heavy atom. The van der Waals surface area contributed by atoms with Crippen LogP contribution in [0.3, 0.4) is 0 Å². The quantitative estimate of drug-likeness (QED) is 0.409. The van der Waals surface area contributed by atoms with Crippen LogP contribution in [-0.2, 0) is 11.2 Å². The van der Waals surface area contributed by atoms with Gasteiger partial charge in [0, 0.05) is 44.9 Å². The first kappa shape index (κ1) is 23.2. The van der Waals surface area contributed by atoms with E-state index in [1.165, 1.54) is 11.1 Å². The zero-order valence-electron chi connectivity index (χ0n) is 19.2. The Bertz CT molecular complexity index is 843. The molecule has 3 aliphatic rings. The molecule has 0 aromatic heterocycles. The molecule has 1 saturated heterocycles. The van der Waals surface area contributed by atoms with E-state index in [1.807, 2.05) is 23.1 Å². The van der Waals surface area contributed by atoms with Crippen molar-refractivity contribution in [2.75, 3.05) is 26.2 Å². The van der Waals surface area contributed by atoms with Gasteiger partial charge in [-0.3, -0.25) is 4.79 Å². The molecule has 5 heteroatoms. The second-order valence-electron chi connectivity index (χ2n) is 9.90. The molecule has 1 amide bonds. The number of carbonyl (C=O) groups excluding carboxylic acids is 1. The molecule has 174 valence electrons. The summed E-state index contributed by atoms with van der Waals surface area (Å²) < 4.78 is 0. The van der Waals surface area contributed by atoms with Crippen molar-refractivity contribution >= 4 is 5.91 Å². The van der Waals surface area contributed by atoms with E-state index in [2.05, 4.69) is 36.5 Å². The van der Waals surface area contributed by atoms with E-state index >= 15 is 0 Å². The number of benzene rings is 1. The van der Waals surface area contributed by atoms with Crippen molar-refractivity contribution in [3.8, 4) is 0 Å². The number of aryl methyl sites for hydroxylation is 1. The highest BCUT2D eigenvalue weighted by Crippen LogP contribution is 2.47. The van der Waals surface area contributed by atoms with Crippen LogP contribution in [0.4, 0.5) is 0 Å². The van der Waals surface area contributed by atoms with Crippen LogP contribution in [0.1, 0.15) is 43.2 Å². The molecule has 0 bridgehead atoms. The minimum Gasteiger partial charge on any atom is -0.392 e. The smallest absolute Gasteiger partial charge is 0.223 e. The van der Waals surface area contributed by atoms with Crippen LogP contribution in [-0.4, -0.2) is 59.4 Å². The van der Waals surface area contributed by atoms with Gasteiger partial charge in [-0.05, 0) is 50.0 Å². The van der Waals surface area contributed by atoms with Crippen LogP contribution in [0.5, 0.6) is 0 Å². The normalized spacial score (nSPS) is 28.3. The molecular weight excluding hydrogens is 400 g/mol. The number of nitrogens with zero attached hydrogens (tertiary/aromatic N) is 1. The number of amides is 1. The van der Waals surface area contributed by atoms with Gasteiger partial charge in [0.2, 0.25) is 5.91 Å². The lowest BCUT2D eigenvalue weighted by molar-refractivity contribution is -0.130. The topological polar surface area (TPSA) is 72.8 Å². The molecule has 1 saturated carbocycles. The molecule has 5 atom stereocenters. The van der Waals surface area contributed by atoms with Crippen LogP contribution in [0.2, 0.25) is 0 Å². The third-order valence-corrected chi connectivity index (χ3v) is 7.36. The van der Waals surface area contributed by atoms with E-state index in [0.717, 1.165) is 57.4 Å². The fraction of sp³-hybridized carbons (Fsp3) is 0.593. The summed E-state index contributed by atoms with van der Waals surface area (Å²) in [6.07, 6.45) is 10.6. The molecule has 32 heavy (non-hydrogen) atoms. The summed E-state index contributed by atoms with van der Waals surface area (Å²) in [6.45, 7) is 5.45. The maximum atomic E-state index is 12.2. The van der Waals surface area contributed by atoms with Gasteiger partial charge >= 0.3 is 0 Å². The van der Waals surface area contributed by atoms with Crippen molar-refractivity contribution in [1.29, 1.82) is 0 Å². The van der Waals surface area contributed by atoms with Crippen LogP contribution >= 0.6 is 0 Å². The first-order valence-electron chi connectivity index (χ1n) is 12.3. The van der Waals surface area contributed by atoms with Gasteiger partial charge in [-0.1, -0.05) is 53.6 Å². The van der Waals surface area contributed by atoms with Crippen molar-refractivity contribution < 1.29 is 15.0 Å². The van der Waals surface area contributed by atoms with E-state index < -0.39 is 6.10 Å². The Morgan fingerprint density at radius 2 is 2.12 bits per heavy atom. The van der Waals surface area contributed by atoms with Crippen LogP contribution < -0.4 is 5.32 Å². The summed E-state index contributed by atoms with van der Waals surface area (Å²) in [5, 5.41) is 24.5. The van der Waals surface area contributed by atoms with Gasteiger partial charge in [-0.25, -0.2) is 0 Å². The van der Waals surface area contributed by atoms with E-state index in [9.17, 15) is 15.0 Å². The highest BCUT2D eigenvalue weighted by Gasteiger charge is 2.43. The molecule has 1 aliphatic heterocycles. The standard InChI is InChI=1S/C27H38N2O3/c1-19-5-4-6-20(13-19)15-23(30)7-8-24-25-16-21(14-22(25)17-26(24)31)18-28-10-9-27(32)29-11-2-3-12-29/h4-8,13-14,22-26,28,30-31H,2-3,9-12,15-18H2,1H3/t22-,23+,24+,25-,26+/m0/s1. The number of allylic oxidation sites excluding steroid dienone is 1. The average molecular weight is 439 g/mol. The minimum atomic E-state index is -0.535. The first-order valence-corrected chi connectivity index (χ1v) is 12.3. The monoisotopic (exact) mass is 438 g/mol. The number of rotatable bonds is 9. The molecule has 2 aliphatic carbocycles. The second-order valence-corrected chi connectivity index (χ2v) is 9.90. The largest absolute Gasteiger partial charge is 0.392 e. The third kappa shape index (κ3) is 5.89. The van der Waals surface area contributed by atoms with E-state index in [1.54, 1.807) is 0 Å². The number of hydrogen-bond acceptors (Lipinski definition) is 4. The van der Waals surface area contributed by atoms with Crippen LogP contribution in [0, 0.1) is 24.7 Å². The number of likely N-dealkylation sites (tertiary alicyclic amines) is 1. The molecule has 1 aromatic carbocycles. The summed E-state index contributed by atoms with van der Waals surface area (Å²) in [6, 6.07) is 8.24. The molecule has 2 fully saturated rings. The van der Waals surface area contributed by atoms with Gasteiger partial charge in [-0.15, -0.1) is 0 Å². The molecule has 4 rings (SSSR count). The van der Waals surface area contributed by atoms with Crippen molar-refractivity contribution in [1.82, 2.24) is 10.2 Å². The zero-order valence-corrected chi connectivity index (χ0v) is 19.2. The lowest BCUT2D eigenvalue weighted by Gasteiger charge is -2.19. The Kier molecular flexibility index (Phi) is 7.82. The van der Waals surface area contributed by atoms with E-state index in [-0.39, 0.29) is 17.9 Å². The van der Waals surface area contributed by atoms with Crippen LogP contribution in [0.25, 0.3) is 0 Å². The fourth-order valence-corrected chi connectivity index (χ4v) is 5.71. The average Bonchev–Trinajstić information content (AvgIpc) is 3.47. The molecule has 1 aromatic rings. The van der Waals surface area contributed by atoms with Gasteiger partial charge in [0.05, 0.1) is 12.2 Å².